The predicted octanol–water partition coefficient (Wildman–Crippen LogP) is 5.41. The molecule has 0 atom stereocenters. The topological polar surface area (TPSA) is 123 Å². The molecule has 3 heterocycles. The number of anilines is 4. The number of hydrogen-bond acceptors (Lipinski definition) is 9. The zero-order valence-corrected chi connectivity index (χ0v) is 22.1. The highest BCUT2D eigenvalue weighted by atomic mass is 16.5. The maximum Gasteiger partial charge on any atom is 0.175 e. The number of hydrogen-bond donors (Lipinski definition) is 3. The summed E-state index contributed by atoms with van der Waals surface area (Å²) in [6, 6.07) is 17.8. The van der Waals surface area contributed by atoms with Gasteiger partial charge in [0.1, 0.15) is 29.4 Å². The Hall–Kier alpha value is -4.86. The third kappa shape index (κ3) is 4.88. The van der Waals surface area contributed by atoms with E-state index in [4.69, 9.17) is 15.4 Å². The van der Waals surface area contributed by atoms with Crippen LogP contribution in [0.2, 0.25) is 0 Å². The van der Waals surface area contributed by atoms with Gasteiger partial charge in [-0.15, -0.1) is 0 Å². The van der Waals surface area contributed by atoms with Gasteiger partial charge >= 0.3 is 0 Å². The molecule has 0 fully saturated rings. The van der Waals surface area contributed by atoms with Crippen molar-refractivity contribution in [2.75, 3.05) is 35.4 Å². The Morgan fingerprint density at radius 1 is 1.00 bits per heavy atom. The van der Waals surface area contributed by atoms with Gasteiger partial charge in [-0.2, -0.15) is 5.10 Å². The van der Waals surface area contributed by atoms with Gasteiger partial charge in [-0.1, -0.05) is 44.6 Å². The van der Waals surface area contributed by atoms with Crippen molar-refractivity contribution in [2.45, 2.75) is 26.2 Å². The molecule has 0 amide bonds. The van der Waals surface area contributed by atoms with Gasteiger partial charge in [-0.25, -0.2) is 14.6 Å². The van der Waals surface area contributed by atoms with Crippen LogP contribution in [0.1, 0.15) is 26.5 Å². The van der Waals surface area contributed by atoms with Gasteiger partial charge < -0.3 is 25.8 Å². The maximum atomic E-state index is 6.28. The average Bonchev–Trinajstić information content (AvgIpc) is 3.50. The lowest BCUT2D eigenvalue weighted by Gasteiger charge is -2.12. The zero-order valence-electron chi connectivity index (χ0n) is 22.1. The monoisotopic (exact) mass is 509 g/mol. The van der Waals surface area contributed by atoms with Crippen LogP contribution >= 0.6 is 0 Å². The van der Waals surface area contributed by atoms with E-state index in [9.17, 15) is 0 Å². The molecule has 38 heavy (non-hydrogen) atoms. The minimum Gasteiger partial charge on any atom is -0.383 e. The summed E-state index contributed by atoms with van der Waals surface area (Å²) < 4.78 is 7.21. The Kier molecular flexibility index (Phi) is 6.23. The van der Waals surface area contributed by atoms with E-state index in [0.29, 0.717) is 28.5 Å². The number of nitrogens with zero attached hydrogens (tertiary/aromatic N) is 6. The number of benzene rings is 2. The summed E-state index contributed by atoms with van der Waals surface area (Å²) in [6.07, 6.45) is 1.45. The minimum absolute atomic E-state index is 0.126. The molecule has 0 saturated heterocycles. The number of fused-ring (bicyclic) bond motifs is 1. The van der Waals surface area contributed by atoms with Gasteiger partial charge in [0, 0.05) is 42.5 Å². The second-order valence-electron chi connectivity index (χ2n) is 10.3. The number of rotatable bonds is 7. The smallest absolute Gasteiger partial charge is 0.175 e. The molecule has 2 aromatic carbocycles. The quantitative estimate of drug-likeness (QED) is 0.264. The van der Waals surface area contributed by atoms with Crippen molar-refractivity contribution in [2.24, 2.45) is 0 Å². The van der Waals surface area contributed by atoms with Crippen LogP contribution in [0.5, 0.6) is 0 Å². The molecule has 3 aromatic heterocycles. The van der Waals surface area contributed by atoms with Gasteiger partial charge in [0.25, 0.3) is 0 Å². The van der Waals surface area contributed by atoms with E-state index in [0.717, 1.165) is 34.1 Å². The summed E-state index contributed by atoms with van der Waals surface area (Å²) in [7, 11) is 4.01. The number of aromatic nitrogens is 5. The molecular weight excluding hydrogens is 478 g/mol. The highest BCUT2D eigenvalue weighted by molar-refractivity contribution is 5.99. The van der Waals surface area contributed by atoms with Crippen LogP contribution in [0, 0.1) is 0 Å². The van der Waals surface area contributed by atoms with E-state index in [-0.39, 0.29) is 5.41 Å². The van der Waals surface area contributed by atoms with Crippen molar-refractivity contribution < 1.29 is 4.52 Å². The molecular formula is C28H31N9O. The highest BCUT2D eigenvalue weighted by Crippen LogP contribution is 2.33. The first kappa shape index (κ1) is 24.8. The van der Waals surface area contributed by atoms with E-state index in [1.165, 1.54) is 6.33 Å². The van der Waals surface area contributed by atoms with Gasteiger partial charge in [0.05, 0.1) is 11.1 Å². The SMILES string of the molecule is C=C(Nc1ccc(-n2nc(-c3ccc(N(C)C)cc3)c3c(N)ncnc32)cc1)Nc1cc(C(C)(C)C)on1. The first-order valence-electron chi connectivity index (χ1n) is 12.2. The number of nitrogen functional groups attached to an aromatic ring is 1. The first-order valence-corrected chi connectivity index (χ1v) is 12.2. The molecule has 0 spiro atoms. The van der Waals surface area contributed by atoms with E-state index >= 15 is 0 Å². The Morgan fingerprint density at radius 2 is 1.71 bits per heavy atom. The standard InChI is InChI=1S/C28H31N9O/c1-17(33-23-15-22(38-35-23)28(2,3)4)32-19-9-13-21(14-10-19)37-27-24(26(29)30-16-31-27)25(34-37)18-7-11-20(12-8-18)36(5)6/h7-16,32H,1H2,2-6H3,(H,33,35)(H2,29,30,31). The van der Waals surface area contributed by atoms with Gasteiger partial charge in [-0.3, -0.25) is 0 Å². The molecule has 4 N–H and O–H groups in total. The van der Waals surface area contributed by atoms with Crippen molar-refractivity contribution in [3.8, 4) is 16.9 Å². The molecule has 10 nitrogen and oxygen atoms in total. The normalized spacial score (nSPS) is 11.5. The Balaban J connectivity index is 1.39. The van der Waals surface area contributed by atoms with E-state index in [1.807, 2.05) is 73.6 Å². The molecule has 0 unspecified atom stereocenters. The molecule has 5 aromatic rings. The van der Waals surface area contributed by atoms with Crippen LogP contribution in [0.15, 0.2) is 77.8 Å². The lowest BCUT2D eigenvalue weighted by molar-refractivity contribution is 0.331. The van der Waals surface area contributed by atoms with Crippen LogP contribution in [0.4, 0.5) is 23.0 Å². The summed E-state index contributed by atoms with van der Waals surface area (Å²) in [6.45, 7) is 10.3. The summed E-state index contributed by atoms with van der Waals surface area (Å²) in [5.41, 5.74) is 11.2. The van der Waals surface area contributed by atoms with Crippen LogP contribution in [0.25, 0.3) is 28.0 Å². The summed E-state index contributed by atoms with van der Waals surface area (Å²) in [5, 5.41) is 16.0. The van der Waals surface area contributed by atoms with Crippen molar-refractivity contribution in [1.29, 1.82) is 0 Å². The average molecular weight is 510 g/mol. The summed E-state index contributed by atoms with van der Waals surface area (Å²) in [5.74, 6) is 2.34. The fourth-order valence-electron chi connectivity index (χ4n) is 4.01. The van der Waals surface area contributed by atoms with Gasteiger partial charge in [0.2, 0.25) is 0 Å². The van der Waals surface area contributed by atoms with Crippen molar-refractivity contribution in [1.82, 2.24) is 24.9 Å². The number of nitrogens with one attached hydrogen (secondary N) is 2. The lowest BCUT2D eigenvalue weighted by atomic mass is 9.93. The molecule has 0 aliphatic carbocycles. The van der Waals surface area contributed by atoms with Crippen LogP contribution in [0.3, 0.4) is 0 Å². The minimum atomic E-state index is -0.126. The third-order valence-corrected chi connectivity index (χ3v) is 6.09. The van der Waals surface area contributed by atoms with Crippen molar-refractivity contribution in [3.63, 3.8) is 0 Å². The van der Waals surface area contributed by atoms with Gasteiger partial charge in [-0.05, 0) is 36.4 Å². The number of nitrogens with two attached hydrogens (primary N) is 1. The molecule has 0 bridgehead atoms. The predicted molar refractivity (Wildman–Crippen MR) is 152 cm³/mol. The van der Waals surface area contributed by atoms with Crippen LogP contribution in [-0.4, -0.2) is 39.0 Å². The molecule has 0 aliphatic rings. The second kappa shape index (κ2) is 9.55. The Labute approximate surface area is 221 Å². The Morgan fingerprint density at radius 3 is 2.34 bits per heavy atom. The lowest BCUT2D eigenvalue weighted by Crippen LogP contribution is -2.10. The van der Waals surface area contributed by atoms with Gasteiger partial charge in [0.15, 0.2) is 11.5 Å². The first-order chi connectivity index (χ1) is 18.1. The van der Waals surface area contributed by atoms with Crippen molar-refractivity contribution >= 4 is 34.0 Å². The molecule has 10 heteroatoms. The molecule has 0 aliphatic heterocycles. The van der Waals surface area contributed by atoms with E-state index in [1.54, 1.807) is 4.68 Å². The maximum absolute atomic E-state index is 6.28. The second-order valence-corrected chi connectivity index (χ2v) is 10.3. The summed E-state index contributed by atoms with van der Waals surface area (Å²) >= 11 is 0. The third-order valence-electron chi connectivity index (χ3n) is 6.09. The van der Waals surface area contributed by atoms with E-state index in [2.05, 4.69) is 53.1 Å². The molecule has 0 radical (unpaired) electrons. The Bertz CT molecular complexity index is 1590. The largest absolute Gasteiger partial charge is 0.383 e. The molecule has 194 valence electrons. The molecule has 0 saturated carbocycles. The molecule has 5 rings (SSSR count). The van der Waals surface area contributed by atoms with Crippen molar-refractivity contribution in [3.05, 3.63) is 79.1 Å². The summed E-state index contributed by atoms with van der Waals surface area (Å²) in [4.78, 5) is 10.7. The van der Waals surface area contributed by atoms with Crippen LogP contribution < -0.4 is 21.3 Å². The van der Waals surface area contributed by atoms with E-state index < -0.39 is 0 Å². The van der Waals surface area contributed by atoms with Crippen LogP contribution in [-0.2, 0) is 5.41 Å². The zero-order chi connectivity index (χ0) is 27.0. The fourth-order valence-corrected chi connectivity index (χ4v) is 4.01. The highest BCUT2D eigenvalue weighted by Gasteiger charge is 2.20. The fraction of sp³-hybridized carbons (Fsp3) is 0.214.